The van der Waals surface area contributed by atoms with E-state index in [1.54, 1.807) is 12.1 Å². The third-order valence-electron chi connectivity index (χ3n) is 4.65. The van der Waals surface area contributed by atoms with E-state index in [-0.39, 0.29) is 5.75 Å². The maximum absolute atomic E-state index is 11.8. The molecule has 138 valence electrons. The van der Waals surface area contributed by atoms with Crippen LogP contribution in [0, 0.1) is 0 Å². The van der Waals surface area contributed by atoms with Crippen molar-refractivity contribution in [1.82, 2.24) is 4.90 Å². The topological polar surface area (TPSA) is 65.0 Å². The van der Waals surface area contributed by atoms with Gasteiger partial charge in [-0.1, -0.05) is 18.2 Å². The number of methoxy groups -OCH3 is 1. The molecule has 0 aromatic heterocycles. The number of aromatic hydroxyl groups is 1. The zero-order chi connectivity index (χ0) is 18.4. The lowest BCUT2D eigenvalue weighted by Crippen LogP contribution is -2.47. The van der Waals surface area contributed by atoms with Crippen molar-refractivity contribution in [2.45, 2.75) is 0 Å². The van der Waals surface area contributed by atoms with Crippen LogP contribution in [0.5, 0.6) is 5.75 Å². The molecule has 2 aromatic rings. The minimum absolute atomic E-state index is 0.122. The third-order valence-corrected chi connectivity index (χ3v) is 4.65. The summed E-state index contributed by atoms with van der Waals surface area (Å²) in [5.41, 5.74) is 2.30. The number of hydrogen-bond acceptors (Lipinski definition) is 6. The predicted octanol–water partition coefficient (Wildman–Crippen LogP) is 2.41. The van der Waals surface area contributed by atoms with Gasteiger partial charge in [0, 0.05) is 51.0 Å². The number of para-hydroxylation sites is 1. The molecule has 6 nitrogen and oxygen atoms in total. The Morgan fingerprint density at radius 1 is 1.12 bits per heavy atom. The standard InChI is InChI=1S/C20H25N3O3/c1-26-20(25)18-8-7-17(24)15-19(18)21-9-10-22-11-13-23(14-12-22)16-5-3-2-4-6-16/h2-8,15,21,24H,9-14H2,1H3. The molecule has 0 amide bonds. The second-order valence-corrected chi connectivity index (χ2v) is 6.31. The highest BCUT2D eigenvalue weighted by Crippen LogP contribution is 2.22. The van der Waals surface area contributed by atoms with Gasteiger partial charge in [-0.3, -0.25) is 4.90 Å². The van der Waals surface area contributed by atoms with Crippen LogP contribution < -0.4 is 10.2 Å². The van der Waals surface area contributed by atoms with Crippen LogP contribution in [-0.4, -0.2) is 62.4 Å². The normalized spacial score (nSPS) is 14.9. The lowest BCUT2D eigenvalue weighted by molar-refractivity contribution is 0.0602. The molecule has 0 spiro atoms. The highest BCUT2D eigenvalue weighted by atomic mass is 16.5. The van der Waals surface area contributed by atoms with Gasteiger partial charge in [-0.25, -0.2) is 4.79 Å². The van der Waals surface area contributed by atoms with Crippen LogP contribution in [0.4, 0.5) is 11.4 Å². The number of benzene rings is 2. The Labute approximate surface area is 154 Å². The van der Waals surface area contributed by atoms with Crippen LogP contribution in [0.15, 0.2) is 48.5 Å². The summed E-state index contributed by atoms with van der Waals surface area (Å²) in [6.07, 6.45) is 0. The first-order chi connectivity index (χ1) is 12.7. The molecule has 1 aliphatic rings. The summed E-state index contributed by atoms with van der Waals surface area (Å²) in [7, 11) is 1.35. The van der Waals surface area contributed by atoms with Gasteiger partial charge in [-0.05, 0) is 24.3 Å². The quantitative estimate of drug-likeness (QED) is 0.776. The van der Waals surface area contributed by atoms with Crippen LogP contribution in [-0.2, 0) is 4.74 Å². The highest BCUT2D eigenvalue weighted by molar-refractivity contribution is 5.95. The molecule has 0 saturated carbocycles. The highest BCUT2D eigenvalue weighted by Gasteiger charge is 2.17. The molecule has 1 fully saturated rings. The van der Waals surface area contributed by atoms with Crippen LogP contribution >= 0.6 is 0 Å². The summed E-state index contributed by atoms with van der Waals surface area (Å²) in [5, 5.41) is 12.9. The van der Waals surface area contributed by atoms with Gasteiger partial charge in [0.1, 0.15) is 5.75 Å². The second kappa shape index (κ2) is 8.58. The van der Waals surface area contributed by atoms with Crippen molar-refractivity contribution in [3.05, 3.63) is 54.1 Å². The number of phenolic OH excluding ortho intramolecular Hbond substituents is 1. The van der Waals surface area contributed by atoms with Crippen LogP contribution in [0.25, 0.3) is 0 Å². The van der Waals surface area contributed by atoms with Crippen LogP contribution in [0.1, 0.15) is 10.4 Å². The Balaban J connectivity index is 1.49. The van der Waals surface area contributed by atoms with Gasteiger partial charge >= 0.3 is 5.97 Å². The zero-order valence-electron chi connectivity index (χ0n) is 15.0. The number of esters is 1. The minimum atomic E-state index is -0.413. The van der Waals surface area contributed by atoms with Gasteiger partial charge in [0.05, 0.1) is 18.4 Å². The monoisotopic (exact) mass is 355 g/mol. The SMILES string of the molecule is COC(=O)c1ccc(O)cc1NCCN1CCN(c2ccccc2)CC1. The molecule has 0 radical (unpaired) electrons. The fourth-order valence-corrected chi connectivity index (χ4v) is 3.18. The number of ether oxygens (including phenoxy) is 1. The molecule has 3 rings (SSSR count). The number of piperazine rings is 1. The van der Waals surface area contributed by atoms with E-state index >= 15 is 0 Å². The Hall–Kier alpha value is -2.73. The number of nitrogens with one attached hydrogen (secondary N) is 1. The smallest absolute Gasteiger partial charge is 0.339 e. The number of rotatable bonds is 6. The van der Waals surface area contributed by atoms with Crippen molar-refractivity contribution >= 4 is 17.3 Å². The molecule has 1 aliphatic heterocycles. The van der Waals surface area contributed by atoms with Crippen LogP contribution in [0.3, 0.4) is 0 Å². The summed E-state index contributed by atoms with van der Waals surface area (Å²) in [5.74, 6) is -0.291. The fraction of sp³-hybridized carbons (Fsp3) is 0.350. The van der Waals surface area contributed by atoms with Gasteiger partial charge in [-0.2, -0.15) is 0 Å². The predicted molar refractivity (Wildman–Crippen MR) is 103 cm³/mol. The first-order valence-corrected chi connectivity index (χ1v) is 8.85. The Kier molecular flexibility index (Phi) is 5.96. The van der Waals surface area contributed by atoms with E-state index in [0.717, 1.165) is 32.7 Å². The van der Waals surface area contributed by atoms with E-state index in [2.05, 4.69) is 39.4 Å². The third kappa shape index (κ3) is 4.46. The van der Waals surface area contributed by atoms with E-state index in [1.165, 1.54) is 18.9 Å². The van der Waals surface area contributed by atoms with Crippen molar-refractivity contribution in [3.63, 3.8) is 0 Å². The van der Waals surface area contributed by atoms with Crippen molar-refractivity contribution in [3.8, 4) is 5.75 Å². The summed E-state index contributed by atoms with van der Waals surface area (Å²) >= 11 is 0. The zero-order valence-corrected chi connectivity index (χ0v) is 15.0. The van der Waals surface area contributed by atoms with Gasteiger partial charge < -0.3 is 20.1 Å². The summed E-state index contributed by atoms with van der Waals surface area (Å²) in [4.78, 5) is 16.6. The van der Waals surface area contributed by atoms with E-state index in [9.17, 15) is 9.90 Å². The maximum Gasteiger partial charge on any atom is 0.339 e. The number of phenols is 1. The van der Waals surface area contributed by atoms with Crippen molar-refractivity contribution in [1.29, 1.82) is 0 Å². The molecule has 2 aromatic carbocycles. The van der Waals surface area contributed by atoms with Crippen molar-refractivity contribution < 1.29 is 14.6 Å². The Morgan fingerprint density at radius 2 is 1.85 bits per heavy atom. The maximum atomic E-state index is 11.8. The number of nitrogens with zero attached hydrogens (tertiary/aromatic N) is 2. The Bertz CT molecular complexity index is 728. The molecular weight excluding hydrogens is 330 g/mol. The summed E-state index contributed by atoms with van der Waals surface area (Å²) in [6, 6.07) is 15.1. The fourth-order valence-electron chi connectivity index (χ4n) is 3.18. The first-order valence-electron chi connectivity index (χ1n) is 8.85. The number of anilines is 2. The minimum Gasteiger partial charge on any atom is -0.508 e. The molecule has 2 N–H and O–H groups in total. The number of carbonyl (C=O) groups is 1. The van der Waals surface area contributed by atoms with Gasteiger partial charge in [0.2, 0.25) is 0 Å². The van der Waals surface area contributed by atoms with Crippen molar-refractivity contribution in [2.75, 3.05) is 56.6 Å². The molecule has 0 atom stereocenters. The average molecular weight is 355 g/mol. The molecule has 0 unspecified atom stereocenters. The molecule has 1 saturated heterocycles. The van der Waals surface area contributed by atoms with E-state index in [0.29, 0.717) is 17.8 Å². The summed E-state index contributed by atoms with van der Waals surface area (Å²) in [6.45, 7) is 5.58. The van der Waals surface area contributed by atoms with Crippen molar-refractivity contribution in [2.24, 2.45) is 0 Å². The molecule has 6 heteroatoms. The average Bonchev–Trinajstić information content (AvgIpc) is 2.69. The Morgan fingerprint density at radius 3 is 2.54 bits per heavy atom. The van der Waals surface area contributed by atoms with E-state index in [1.807, 2.05) is 6.07 Å². The largest absolute Gasteiger partial charge is 0.508 e. The molecule has 0 aliphatic carbocycles. The van der Waals surface area contributed by atoms with E-state index < -0.39 is 5.97 Å². The number of carbonyl (C=O) groups excluding carboxylic acids is 1. The lowest BCUT2D eigenvalue weighted by atomic mass is 10.1. The summed E-state index contributed by atoms with van der Waals surface area (Å²) < 4.78 is 4.79. The first kappa shape index (κ1) is 18.1. The lowest BCUT2D eigenvalue weighted by Gasteiger charge is -2.36. The molecule has 0 bridgehead atoms. The van der Waals surface area contributed by atoms with Gasteiger partial charge in [0.15, 0.2) is 0 Å². The van der Waals surface area contributed by atoms with Gasteiger partial charge in [-0.15, -0.1) is 0 Å². The molecular formula is C20H25N3O3. The van der Waals surface area contributed by atoms with Crippen LogP contribution in [0.2, 0.25) is 0 Å². The molecule has 26 heavy (non-hydrogen) atoms. The van der Waals surface area contributed by atoms with E-state index in [4.69, 9.17) is 4.74 Å². The number of hydrogen-bond donors (Lipinski definition) is 2. The van der Waals surface area contributed by atoms with Gasteiger partial charge in [0.25, 0.3) is 0 Å². The molecule has 1 heterocycles. The second-order valence-electron chi connectivity index (χ2n) is 6.31.